The molecule has 3 rings (SSSR count). The molecule has 7 nitrogen and oxygen atoms in total. The number of hydrogen-bond donors (Lipinski definition) is 2. The molecule has 0 aliphatic heterocycles. The Morgan fingerprint density at radius 2 is 2.03 bits per heavy atom. The molecular weight excluding hydrogens is 368 g/mol. The Morgan fingerprint density at radius 1 is 1.28 bits per heavy atom. The molecule has 3 aromatic rings. The van der Waals surface area contributed by atoms with Gasteiger partial charge in [0.05, 0.1) is 18.0 Å². The molecule has 7 heteroatoms. The van der Waals surface area contributed by atoms with Crippen molar-refractivity contribution in [3.8, 4) is 5.75 Å². The Labute approximate surface area is 170 Å². The second-order valence-corrected chi connectivity index (χ2v) is 7.24. The minimum Gasteiger partial charge on any atom is -0.491 e. The number of nitrogens with one attached hydrogen (secondary N) is 2. The van der Waals surface area contributed by atoms with E-state index in [2.05, 4.69) is 22.3 Å². The second-order valence-electron chi connectivity index (χ2n) is 7.24. The summed E-state index contributed by atoms with van der Waals surface area (Å²) in [5.74, 6) is 0.508. The number of benzene rings is 1. The number of unbranched alkanes of at least 4 members (excludes halogenated alkanes) is 1. The van der Waals surface area contributed by atoms with Gasteiger partial charge in [0.25, 0.3) is 5.56 Å². The number of aryl methyl sites for hydroxylation is 3. The predicted octanol–water partition coefficient (Wildman–Crippen LogP) is 3.63. The Bertz CT molecular complexity index is 1080. The van der Waals surface area contributed by atoms with Crippen molar-refractivity contribution in [1.82, 2.24) is 14.8 Å². The largest absolute Gasteiger partial charge is 0.491 e. The molecule has 0 spiro atoms. The number of nitrogens with zero attached hydrogens (tertiary/aromatic N) is 2. The summed E-state index contributed by atoms with van der Waals surface area (Å²) in [6.45, 7) is 6.55. The van der Waals surface area contributed by atoms with Gasteiger partial charge in [0.2, 0.25) is 5.91 Å². The molecule has 0 fully saturated rings. The summed E-state index contributed by atoms with van der Waals surface area (Å²) in [6, 6.07) is 7.41. The SMILES string of the molecule is CCCCOc1ccccc1NC(=O)CCc1c(C)c2c(C)nn(C)c2[nH]c1=O. The molecule has 0 unspecified atom stereocenters. The first-order chi connectivity index (χ1) is 13.9. The molecule has 0 atom stereocenters. The van der Waals surface area contributed by atoms with E-state index in [0.717, 1.165) is 29.5 Å². The van der Waals surface area contributed by atoms with Gasteiger partial charge in [0.1, 0.15) is 11.4 Å². The number of ether oxygens (including phenoxy) is 1. The van der Waals surface area contributed by atoms with Gasteiger partial charge in [-0.15, -0.1) is 0 Å². The van der Waals surface area contributed by atoms with Crippen LogP contribution in [0.25, 0.3) is 11.0 Å². The van der Waals surface area contributed by atoms with Crippen LogP contribution in [0.4, 0.5) is 5.69 Å². The molecule has 0 aliphatic rings. The third kappa shape index (κ3) is 4.50. The lowest BCUT2D eigenvalue weighted by molar-refractivity contribution is -0.116. The quantitative estimate of drug-likeness (QED) is 0.569. The number of hydrogen-bond acceptors (Lipinski definition) is 4. The number of para-hydroxylation sites is 2. The second kappa shape index (κ2) is 8.94. The third-order valence-electron chi connectivity index (χ3n) is 5.07. The number of fused-ring (bicyclic) bond motifs is 1. The molecular formula is C22H28N4O3. The summed E-state index contributed by atoms with van der Waals surface area (Å²) in [4.78, 5) is 28.0. The monoisotopic (exact) mass is 396 g/mol. The van der Waals surface area contributed by atoms with Crippen LogP contribution in [0.3, 0.4) is 0 Å². The highest BCUT2D eigenvalue weighted by Gasteiger charge is 2.16. The Hall–Kier alpha value is -3.09. The van der Waals surface area contributed by atoms with Crippen LogP contribution in [0.15, 0.2) is 29.1 Å². The van der Waals surface area contributed by atoms with Crippen molar-refractivity contribution in [3.05, 3.63) is 51.4 Å². The van der Waals surface area contributed by atoms with Gasteiger partial charge in [-0.3, -0.25) is 14.3 Å². The van der Waals surface area contributed by atoms with Crippen LogP contribution in [0.2, 0.25) is 0 Å². The Morgan fingerprint density at radius 3 is 2.79 bits per heavy atom. The van der Waals surface area contributed by atoms with Crippen molar-refractivity contribution in [2.24, 2.45) is 7.05 Å². The normalized spacial score (nSPS) is 11.0. The maximum Gasteiger partial charge on any atom is 0.253 e. The standard InChI is InChI=1S/C22H28N4O3/c1-5-6-13-29-18-10-8-7-9-17(18)23-19(27)12-11-16-14(2)20-15(3)25-26(4)21(20)24-22(16)28/h7-10H,5-6,11-13H2,1-4H3,(H,23,27)(H,24,28). The van der Waals surface area contributed by atoms with Crippen LogP contribution in [-0.4, -0.2) is 27.3 Å². The maximum atomic E-state index is 12.5. The highest BCUT2D eigenvalue weighted by molar-refractivity contribution is 5.92. The smallest absolute Gasteiger partial charge is 0.253 e. The summed E-state index contributed by atoms with van der Waals surface area (Å²) >= 11 is 0. The number of anilines is 1. The molecule has 0 aliphatic carbocycles. The lowest BCUT2D eigenvalue weighted by Crippen LogP contribution is -2.19. The van der Waals surface area contributed by atoms with Gasteiger partial charge in [-0.1, -0.05) is 25.5 Å². The molecule has 0 saturated carbocycles. The molecule has 29 heavy (non-hydrogen) atoms. The highest BCUT2D eigenvalue weighted by atomic mass is 16.5. The zero-order valence-electron chi connectivity index (χ0n) is 17.5. The first kappa shape index (κ1) is 20.6. The summed E-state index contributed by atoms with van der Waals surface area (Å²) in [5.41, 5.74) is 3.55. The van der Waals surface area contributed by atoms with Crippen LogP contribution in [0.5, 0.6) is 5.75 Å². The zero-order chi connectivity index (χ0) is 21.0. The molecule has 154 valence electrons. The van der Waals surface area contributed by atoms with E-state index in [9.17, 15) is 9.59 Å². The Kier molecular flexibility index (Phi) is 6.36. The molecule has 0 bridgehead atoms. The fourth-order valence-electron chi connectivity index (χ4n) is 3.53. The van der Waals surface area contributed by atoms with Gasteiger partial charge in [-0.2, -0.15) is 5.10 Å². The van der Waals surface area contributed by atoms with E-state index in [-0.39, 0.29) is 17.9 Å². The van der Waals surface area contributed by atoms with Gasteiger partial charge < -0.3 is 15.0 Å². The van der Waals surface area contributed by atoms with Crippen molar-refractivity contribution >= 4 is 22.6 Å². The first-order valence-electron chi connectivity index (χ1n) is 9.99. The lowest BCUT2D eigenvalue weighted by Gasteiger charge is -2.12. The zero-order valence-corrected chi connectivity index (χ0v) is 17.5. The van der Waals surface area contributed by atoms with Crippen LogP contribution < -0.4 is 15.6 Å². The van der Waals surface area contributed by atoms with Crippen LogP contribution in [0.1, 0.15) is 43.0 Å². The van der Waals surface area contributed by atoms with Gasteiger partial charge in [0.15, 0.2) is 0 Å². The van der Waals surface area contributed by atoms with Crippen molar-refractivity contribution in [2.75, 3.05) is 11.9 Å². The molecule has 1 amide bonds. The minimum absolute atomic E-state index is 0.154. The lowest BCUT2D eigenvalue weighted by atomic mass is 10.0. The number of carbonyl (C=O) groups excluding carboxylic acids is 1. The summed E-state index contributed by atoms with van der Waals surface area (Å²) in [7, 11) is 1.80. The van der Waals surface area contributed by atoms with Gasteiger partial charge in [0, 0.05) is 24.4 Å². The molecule has 2 heterocycles. The number of carbonyl (C=O) groups is 1. The van der Waals surface area contributed by atoms with E-state index in [1.165, 1.54) is 0 Å². The van der Waals surface area contributed by atoms with Crippen molar-refractivity contribution in [1.29, 1.82) is 0 Å². The van der Waals surface area contributed by atoms with E-state index in [1.807, 2.05) is 38.1 Å². The van der Waals surface area contributed by atoms with Crippen LogP contribution in [0, 0.1) is 13.8 Å². The summed E-state index contributed by atoms with van der Waals surface area (Å²) in [5, 5.41) is 8.23. The molecule has 0 radical (unpaired) electrons. The fraction of sp³-hybridized carbons (Fsp3) is 0.409. The van der Waals surface area contributed by atoms with Crippen molar-refractivity contribution in [3.63, 3.8) is 0 Å². The third-order valence-corrected chi connectivity index (χ3v) is 5.07. The fourth-order valence-corrected chi connectivity index (χ4v) is 3.53. The van der Waals surface area contributed by atoms with Gasteiger partial charge in [-0.05, 0) is 44.4 Å². The summed E-state index contributed by atoms with van der Waals surface area (Å²) in [6.07, 6.45) is 2.57. The van der Waals surface area contributed by atoms with Gasteiger partial charge in [-0.25, -0.2) is 0 Å². The average molecular weight is 396 g/mol. The van der Waals surface area contributed by atoms with Gasteiger partial charge >= 0.3 is 0 Å². The van der Waals surface area contributed by atoms with Crippen molar-refractivity contribution < 1.29 is 9.53 Å². The van der Waals surface area contributed by atoms with E-state index >= 15 is 0 Å². The number of aromatic amines is 1. The van der Waals surface area contributed by atoms with Crippen LogP contribution >= 0.6 is 0 Å². The number of H-pyrrole nitrogens is 1. The highest BCUT2D eigenvalue weighted by Crippen LogP contribution is 2.25. The van der Waals surface area contributed by atoms with E-state index in [4.69, 9.17) is 4.74 Å². The van der Waals surface area contributed by atoms with E-state index < -0.39 is 0 Å². The number of aromatic nitrogens is 3. The molecule has 2 N–H and O–H groups in total. The van der Waals surface area contributed by atoms with E-state index in [0.29, 0.717) is 35.7 Å². The predicted molar refractivity (Wildman–Crippen MR) is 115 cm³/mol. The first-order valence-corrected chi connectivity index (χ1v) is 9.99. The topological polar surface area (TPSA) is 89.0 Å². The van der Waals surface area contributed by atoms with E-state index in [1.54, 1.807) is 11.7 Å². The Balaban J connectivity index is 1.72. The number of pyridine rings is 1. The van der Waals surface area contributed by atoms with Crippen molar-refractivity contribution in [2.45, 2.75) is 46.5 Å². The van der Waals surface area contributed by atoms with Crippen LogP contribution in [-0.2, 0) is 18.3 Å². The maximum absolute atomic E-state index is 12.5. The molecule has 1 aromatic carbocycles. The molecule has 2 aromatic heterocycles. The minimum atomic E-state index is -0.172. The molecule has 0 saturated heterocycles. The number of amides is 1. The average Bonchev–Trinajstić information content (AvgIpc) is 2.96. The summed E-state index contributed by atoms with van der Waals surface area (Å²) < 4.78 is 7.44. The number of rotatable bonds is 8.